The Hall–Kier alpha value is -3.27. The van der Waals surface area contributed by atoms with Gasteiger partial charge < -0.3 is 24.6 Å². The number of carbonyl (C=O) groups is 2. The molecule has 158 valence electrons. The number of hydrogen-bond acceptors (Lipinski definition) is 5. The van der Waals surface area contributed by atoms with Crippen LogP contribution in [-0.4, -0.2) is 45.3 Å². The third-order valence-corrected chi connectivity index (χ3v) is 5.29. The molecular formula is C20H19F2N3O5. The number of fused-ring (bicyclic) bond motifs is 2. The maximum Gasteiger partial charge on any atom is 0.276 e. The molecule has 2 aromatic rings. The van der Waals surface area contributed by atoms with Crippen molar-refractivity contribution in [3.05, 3.63) is 63.1 Å². The van der Waals surface area contributed by atoms with Crippen LogP contribution in [0, 0.1) is 11.6 Å². The van der Waals surface area contributed by atoms with E-state index in [1.54, 1.807) is 0 Å². The van der Waals surface area contributed by atoms with Crippen molar-refractivity contribution in [1.29, 1.82) is 0 Å². The molecule has 1 fully saturated rings. The fraction of sp³-hybridized carbons (Fsp3) is 0.350. The number of amides is 2. The fourth-order valence-electron chi connectivity index (χ4n) is 3.67. The monoisotopic (exact) mass is 419 g/mol. The molecule has 0 saturated carbocycles. The lowest BCUT2D eigenvalue weighted by molar-refractivity contribution is -0.127. The normalized spacial score (nSPS) is 20.5. The highest BCUT2D eigenvalue weighted by Gasteiger charge is 2.39. The Balaban J connectivity index is 1.61. The van der Waals surface area contributed by atoms with Crippen molar-refractivity contribution in [3.63, 3.8) is 0 Å². The van der Waals surface area contributed by atoms with Crippen molar-refractivity contribution in [2.45, 2.75) is 38.8 Å². The number of carbonyl (C=O) groups excluding carboxylic acids is 2. The molecule has 1 saturated heterocycles. The van der Waals surface area contributed by atoms with E-state index in [1.807, 2.05) is 6.92 Å². The van der Waals surface area contributed by atoms with E-state index in [1.165, 1.54) is 21.7 Å². The van der Waals surface area contributed by atoms with Crippen LogP contribution in [0.2, 0.25) is 0 Å². The molecule has 0 spiro atoms. The minimum atomic E-state index is -1.00. The highest BCUT2D eigenvalue weighted by molar-refractivity contribution is 5.99. The molecule has 2 atom stereocenters. The van der Waals surface area contributed by atoms with Crippen LogP contribution in [0.15, 0.2) is 29.2 Å². The van der Waals surface area contributed by atoms with E-state index >= 15 is 0 Å². The highest BCUT2D eigenvalue weighted by Crippen LogP contribution is 2.28. The van der Waals surface area contributed by atoms with Gasteiger partial charge in [-0.3, -0.25) is 14.4 Å². The number of nitrogens with zero attached hydrogens (tertiary/aromatic N) is 2. The van der Waals surface area contributed by atoms with Gasteiger partial charge in [-0.05, 0) is 19.4 Å². The Labute approximate surface area is 169 Å². The maximum atomic E-state index is 13.8. The lowest BCUT2D eigenvalue weighted by atomic mass is 10.1. The van der Waals surface area contributed by atoms with Crippen LogP contribution >= 0.6 is 0 Å². The molecule has 3 heterocycles. The Bertz CT molecular complexity index is 1100. The number of rotatable bonds is 3. The second kappa shape index (κ2) is 7.52. The summed E-state index contributed by atoms with van der Waals surface area (Å²) in [5.41, 5.74) is -1.57. The van der Waals surface area contributed by atoms with Crippen molar-refractivity contribution in [3.8, 4) is 5.75 Å². The molecule has 0 aliphatic carbocycles. The summed E-state index contributed by atoms with van der Waals surface area (Å²) in [4.78, 5) is 39.2. The lowest BCUT2D eigenvalue weighted by Gasteiger charge is -2.42. The minimum Gasteiger partial charge on any atom is -0.503 e. The Morgan fingerprint density at radius 1 is 1.33 bits per heavy atom. The van der Waals surface area contributed by atoms with Crippen LogP contribution in [0.4, 0.5) is 8.78 Å². The quantitative estimate of drug-likeness (QED) is 0.782. The average Bonchev–Trinajstić information content (AvgIpc) is 2.69. The van der Waals surface area contributed by atoms with Gasteiger partial charge in [0, 0.05) is 30.9 Å². The Kier molecular flexibility index (Phi) is 5.02. The molecule has 1 aromatic carbocycles. The van der Waals surface area contributed by atoms with Crippen LogP contribution in [-0.2, 0) is 17.8 Å². The van der Waals surface area contributed by atoms with E-state index in [2.05, 4.69) is 5.32 Å². The number of ether oxygens (including phenoxy) is 1. The number of nitrogens with one attached hydrogen (secondary N) is 1. The minimum absolute atomic E-state index is 0.0300. The summed E-state index contributed by atoms with van der Waals surface area (Å²) >= 11 is 0. The van der Waals surface area contributed by atoms with Gasteiger partial charge in [0.25, 0.3) is 11.8 Å². The van der Waals surface area contributed by atoms with E-state index in [0.717, 1.165) is 6.07 Å². The summed E-state index contributed by atoms with van der Waals surface area (Å²) < 4.78 is 33.8. The first kappa shape index (κ1) is 20.0. The van der Waals surface area contributed by atoms with E-state index in [0.29, 0.717) is 19.0 Å². The Morgan fingerprint density at radius 2 is 2.10 bits per heavy atom. The zero-order valence-electron chi connectivity index (χ0n) is 16.0. The zero-order chi connectivity index (χ0) is 21.6. The molecule has 10 heteroatoms. The molecule has 0 bridgehead atoms. The molecule has 2 amide bonds. The fourth-order valence-corrected chi connectivity index (χ4v) is 3.67. The third-order valence-electron chi connectivity index (χ3n) is 5.29. The van der Waals surface area contributed by atoms with Gasteiger partial charge in [0.2, 0.25) is 5.43 Å². The molecule has 0 radical (unpaired) electrons. The SMILES string of the molecule is C[C@@H]1CCN2C(=O)c3c(O)c(=O)c(C(=O)NCc4ccc(F)cc4F)cn3C[C@@H]2O1. The van der Waals surface area contributed by atoms with Gasteiger partial charge in [0.15, 0.2) is 17.7 Å². The first-order valence-corrected chi connectivity index (χ1v) is 9.41. The second-order valence-corrected chi connectivity index (χ2v) is 7.33. The summed E-state index contributed by atoms with van der Waals surface area (Å²) in [6.45, 7) is 2.17. The molecule has 2 N–H and O–H groups in total. The van der Waals surface area contributed by atoms with Gasteiger partial charge in [0.05, 0.1) is 12.6 Å². The van der Waals surface area contributed by atoms with Gasteiger partial charge in [-0.2, -0.15) is 0 Å². The summed E-state index contributed by atoms with van der Waals surface area (Å²) in [7, 11) is 0. The van der Waals surface area contributed by atoms with Crippen LogP contribution < -0.4 is 10.7 Å². The smallest absolute Gasteiger partial charge is 0.276 e. The van der Waals surface area contributed by atoms with E-state index in [9.17, 15) is 28.3 Å². The maximum absolute atomic E-state index is 13.8. The van der Waals surface area contributed by atoms with Gasteiger partial charge >= 0.3 is 0 Å². The molecular weight excluding hydrogens is 400 g/mol. The first-order valence-electron chi connectivity index (χ1n) is 9.41. The molecule has 2 aliphatic rings. The van der Waals surface area contributed by atoms with E-state index < -0.39 is 46.4 Å². The van der Waals surface area contributed by atoms with E-state index in [-0.39, 0.29) is 30.5 Å². The van der Waals surface area contributed by atoms with Crippen molar-refractivity contribution in [2.75, 3.05) is 6.54 Å². The lowest BCUT2D eigenvalue weighted by Crippen LogP contribution is -2.55. The number of pyridine rings is 1. The highest BCUT2D eigenvalue weighted by atomic mass is 19.1. The molecule has 8 nitrogen and oxygen atoms in total. The average molecular weight is 419 g/mol. The number of aromatic nitrogens is 1. The molecule has 0 unspecified atom stereocenters. The zero-order valence-corrected chi connectivity index (χ0v) is 16.0. The number of halogens is 2. The second-order valence-electron chi connectivity index (χ2n) is 7.33. The number of aromatic hydroxyl groups is 1. The summed E-state index contributed by atoms with van der Waals surface area (Å²) in [5, 5.41) is 12.7. The van der Waals surface area contributed by atoms with Crippen LogP contribution in [0.3, 0.4) is 0 Å². The first-order chi connectivity index (χ1) is 14.3. The predicted molar refractivity (Wildman–Crippen MR) is 99.9 cm³/mol. The summed E-state index contributed by atoms with van der Waals surface area (Å²) in [5.74, 6) is -3.82. The van der Waals surface area contributed by atoms with Crippen molar-refractivity contribution >= 4 is 11.8 Å². The van der Waals surface area contributed by atoms with Crippen LogP contribution in [0.1, 0.15) is 39.8 Å². The largest absolute Gasteiger partial charge is 0.503 e. The summed E-state index contributed by atoms with van der Waals surface area (Å²) in [6, 6.07) is 2.91. The Morgan fingerprint density at radius 3 is 2.83 bits per heavy atom. The topological polar surface area (TPSA) is 101 Å². The van der Waals surface area contributed by atoms with Gasteiger partial charge in [-0.25, -0.2) is 8.78 Å². The summed E-state index contributed by atoms with van der Waals surface area (Å²) in [6.07, 6.45) is 1.20. The molecule has 2 aliphatic heterocycles. The van der Waals surface area contributed by atoms with Crippen molar-refractivity contribution in [1.82, 2.24) is 14.8 Å². The number of hydrogen-bond donors (Lipinski definition) is 2. The van der Waals surface area contributed by atoms with Gasteiger partial charge in [0.1, 0.15) is 17.2 Å². The van der Waals surface area contributed by atoms with Gasteiger partial charge in [-0.1, -0.05) is 6.07 Å². The van der Waals surface area contributed by atoms with Crippen LogP contribution in [0.5, 0.6) is 5.75 Å². The molecule has 4 rings (SSSR count). The number of benzene rings is 1. The van der Waals surface area contributed by atoms with E-state index in [4.69, 9.17) is 4.74 Å². The van der Waals surface area contributed by atoms with Crippen molar-refractivity contribution < 1.29 is 28.2 Å². The molecule has 1 aromatic heterocycles. The standard InChI is InChI=1S/C20H19F2N3O5/c1-10-4-5-25-15(30-10)9-24-8-13(17(26)18(27)16(24)20(25)29)19(28)23-7-11-2-3-12(21)6-14(11)22/h2-3,6,8,10,15,27H,4-5,7,9H2,1H3,(H,23,28)/t10-,15+/m1/s1. The van der Waals surface area contributed by atoms with Gasteiger partial charge in [-0.15, -0.1) is 0 Å². The molecule has 30 heavy (non-hydrogen) atoms. The van der Waals surface area contributed by atoms with Crippen LogP contribution in [0.25, 0.3) is 0 Å². The van der Waals surface area contributed by atoms with Crippen molar-refractivity contribution in [2.24, 2.45) is 0 Å². The predicted octanol–water partition coefficient (Wildman–Crippen LogP) is 1.35. The third kappa shape index (κ3) is 3.43.